The summed E-state index contributed by atoms with van der Waals surface area (Å²) in [6.45, 7) is 4.27. The summed E-state index contributed by atoms with van der Waals surface area (Å²) in [7, 11) is 0. The van der Waals surface area contributed by atoms with Gasteiger partial charge in [-0.25, -0.2) is 0 Å². The first-order valence-corrected chi connectivity index (χ1v) is 10.2. The fourth-order valence-corrected chi connectivity index (χ4v) is 3.58. The lowest BCUT2D eigenvalue weighted by atomic mass is 9.82. The van der Waals surface area contributed by atoms with Gasteiger partial charge in [0.05, 0.1) is 5.69 Å². The van der Waals surface area contributed by atoms with Gasteiger partial charge in [0.15, 0.2) is 0 Å². The minimum atomic E-state index is -0.124. The molecule has 0 saturated heterocycles. The predicted octanol–water partition coefficient (Wildman–Crippen LogP) is 5.85. The minimum absolute atomic E-state index is 0.124. The normalized spacial score (nSPS) is 15.0. The van der Waals surface area contributed by atoms with Crippen molar-refractivity contribution < 1.29 is 9.47 Å². The molecule has 31 heavy (non-hydrogen) atoms. The van der Waals surface area contributed by atoms with Crippen LogP contribution in [0.5, 0.6) is 17.2 Å². The fraction of sp³-hybridized carbons (Fsp3) is 0.154. The number of benzene rings is 3. The van der Waals surface area contributed by atoms with Crippen molar-refractivity contribution in [3.05, 3.63) is 90.3 Å². The first kappa shape index (κ1) is 20.4. The number of anilines is 2. The number of hydrogen-bond acceptors (Lipinski definition) is 5. The second-order valence-electron chi connectivity index (χ2n) is 8.38. The first-order valence-electron chi connectivity index (χ1n) is 10.2. The lowest BCUT2D eigenvalue weighted by Crippen LogP contribution is -2.24. The Kier molecular flexibility index (Phi) is 5.34. The van der Waals surface area contributed by atoms with Crippen molar-refractivity contribution in [2.75, 3.05) is 11.5 Å². The van der Waals surface area contributed by atoms with Gasteiger partial charge in [-0.2, -0.15) is 0 Å². The van der Waals surface area contributed by atoms with Gasteiger partial charge in [-0.15, -0.1) is 0 Å². The van der Waals surface area contributed by atoms with Gasteiger partial charge in [0.1, 0.15) is 23.0 Å². The number of nitrogen functional groups attached to an aromatic ring is 2. The molecule has 158 valence electrons. The summed E-state index contributed by atoms with van der Waals surface area (Å²) in [6.07, 6.45) is 4.66. The lowest BCUT2D eigenvalue weighted by Gasteiger charge is -2.30. The Morgan fingerprint density at radius 2 is 1.29 bits per heavy atom. The van der Waals surface area contributed by atoms with E-state index in [0.29, 0.717) is 22.9 Å². The number of ether oxygens (including phenoxy) is 2. The third-order valence-corrected chi connectivity index (χ3v) is 5.29. The molecule has 0 radical (unpaired) electrons. The second kappa shape index (κ2) is 8.11. The van der Waals surface area contributed by atoms with Crippen LogP contribution in [0.3, 0.4) is 0 Å². The lowest BCUT2D eigenvalue weighted by molar-refractivity contribution is 0.267. The Bertz CT molecular complexity index is 1140. The number of allylic oxidation sites excluding steroid dienone is 4. The maximum absolute atomic E-state index is 6.14. The summed E-state index contributed by atoms with van der Waals surface area (Å²) < 4.78 is 12.0. The maximum atomic E-state index is 6.14. The molecule has 0 amide bonds. The molecule has 0 aliphatic heterocycles. The van der Waals surface area contributed by atoms with Crippen molar-refractivity contribution >= 4 is 11.4 Å². The molecule has 0 bridgehead atoms. The van der Waals surface area contributed by atoms with Gasteiger partial charge in [0.25, 0.3) is 0 Å². The SMILES string of the molecule is CC1(C)CC(N)=CC=C1Oc1ccc(-c2ccc(Oc3ccc(N)cc3N)cc2)cc1. The molecule has 4 rings (SSSR count). The van der Waals surface area contributed by atoms with E-state index in [1.807, 2.05) is 60.7 Å². The van der Waals surface area contributed by atoms with Crippen LogP contribution in [0.2, 0.25) is 0 Å². The minimum Gasteiger partial charge on any atom is -0.461 e. The molecule has 3 aromatic carbocycles. The highest BCUT2D eigenvalue weighted by Gasteiger charge is 2.28. The van der Waals surface area contributed by atoms with E-state index in [1.54, 1.807) is 18.2 Å². The van der Waals surface area contributed by atoms with Gasteiger partial charge in [-0.1, -0.05) is 38.1 Å². The summed E-state index contributed by atoms with van der Waals surface area (Å²) in [5.41, 5.74) is 21.7. The van der Waals surface area contributed by atoms with Crippen LogP contribution in [0.1, 0.15) is 20.3 Å². The zero-order chi connectivity index (χ0) is 22.0. The van der Waals surface area contributed by atoms with Gasteiger partial charge in [0, 0.05) is 16.8 Å². The quantitative estimate of drug-likeness (QED) is 0.456. The molecule has 0 heterocycles. The molecule has 1 aliphatic rings. The molecule has 3 aromatic rings. The molecule has 0 atom stereocenters. The third kappa shape index (κ3) is 4.67. The highest BCUT2D eigenvalue weighted by atomic mass is 16.5. The van der Waals surface area contributed by atoms with Gasteiger partial charge in [-0.05, 0) is 72.2 Å². The summed E-state index contributed by atoms with van der Waals surface area (Å²) >= 11 is 0. The van der Waals surface area contributed by atoms with Crippen LogP contribution in [0, 0.1) is 5.41 Å². The highest BCUT2D eigenvalue weighted by molar-refractivity contribution is 5.66. The Labute approximate surface area is 182 Å². The van der Waals surface area contributed by atoms with E-state index >= 15 is 0 Å². The van der Waals surface area contributed by atoms with E-state index in [1.165, 1.54) is 0 Å². The van der Waals surface area contributed by atoms with E-state index in [4.69, 9.17) is 26.7 Å². The smallest absolute Gasteiger partial charge is 0.150 e. The summed E-state index contributed by atoms with van der Waals surface area (Å²) in [4.78, 5) is 0. The summed E-state index contributed by atoms with van der Waals surface area (Å²) in [5.74, 6) is 3.01. The zero-order valence-corrected chi connectivity index (χ0v) is 17.8. The maximum Gasteiger partial charge on any atom is 0.150 e. The molecule has 0 saturated carbocycles. The Morgan fingerprint density at radius 1 is 0.710 bits per heavy atom. The Morgan fingerprint density at radius 3 is 1.84 bits per heavy atom. The summed E-state index contributed by atoms with van der Waals surface area (Å²) in [6, 6.07) is 21.1. The topological polar surface area (TPSA) is 96.5 Å². The molecule has 0 spiro atoms. The standard InChI is InChI=1S/C26H27N3O2/c1-26(2)16-20(28)8-14-25(26)31-22-11-5-18(6-12-22)17-3-9-21(10-4-17)30-24-13-7-19(27)15-23(24)29/h3-15H,16,27-29H2,1-2H3. The van der Waals surface area contributed by atoms with E-state index in [-0.39, 0.29) is 5.41 Å². The molecule has 0 fully saturated rings. The van der Waals surface area contributed by atoms with Gasteiger partial charge in [-0.3, -0.25) is 0 Å². The Balaban J connectivity index is 1.45. The van der Waals surface area contributed by atoms with Crippen molar-refractivity contribution in [1.82, 2.24) is 0 Å². The first-order chi connectivity index (χ1) is 14.8. The molecule has 6 N–H and O–H groups in total. The Hall–Kier alpha value is -3.86. The van der Waals surface area contributed by atoms with Crippen LogP contribution in [-0.2, 0) is 0 Å². The number of nitrogens with two attached hydrogens (primary N) is 3. The average Bonchev–Trinajstić information content (AvgIpc) is 2.73. The van der Waals surface area contributed by atoms with E-state index < -0.39 is 0 Å². The predicted molar refractivity (Wildman–Crippen MR) is 127 cm³/mol. The number of hydrogen-bond donors (Lipinski definition) is 3. The van der Waals surface area contributed by atoms with E-state index in [9.17, 15) is 0 Å². The molecule has 0 unspecified atom stereocenters. The average molecular weight is 414 g/mol. The largest absolute Gasteiger partial charge is 0.461 e. The zero-order valence-electron chi connectivity index (χ0n) is 17.8. The van der Waals surface area contributed by atoms with Crippen LogP contribution < -0.4 is 26.7 Å². The molecule has 1 aliphatic carbocycles. The molecular weight excluding hydrogens is 386 g/mol. The number of rotatable bonds is 5. The molecular formula is C26H27N3O2. The van der Waals surface area contributed by atoms with Crippen LogP contribution in [0.25, 0.3) is 11.1 Å². The van der Waals surface area contributed by atoms with Gasteiger partial charge < -0.3 is 26.7 Å². The van der Waals surface area contributed by atoms with Crippen molar-refractivity contribution in [3.8, 4) is 28.4 Å². The van der Waals surface area contributed by atoms with Crippen LogP contribution >= 0.6 is 0 Å². The van der Waals surface area contributed by atoms with Crippen molar-refractivity contribution in [1.29, 1.82) is 0 Å². The van der Waals surface area contributed by atoms with Crippen LogP contribution in [0.15, 0.2) is 90.3 Å². The monoisotopic (exact) mass is 413 g/mol. The van der Waals surface area contributed by atoms with E-state index in [0.717, 1.165) is 34.8 Å². The van der Waals surface area contributed by atoms with E-state index in [2.05, 4.69) is 13.8 Å². The third-order valence-electron chi connectivity index (χ3n) is 5.29. The summed E-state index contributed by atoms with van der Waals surface area (Å²) in [5, 5.41) is 0. The highest BCUT2D eigenvalue weighted by Crippen LogP contribution is 2.37. The molecule has 0 aromatic heterocycles. The van der Waals surface area contributed by atoms with Crippen LogP contribution in [-0.4, -0.2) is 0 Å². The fourth-order valence-electron chi connectivity index (χ4n) is 3.58. The molecule has 5 heteroatoms. The van der Waals surface area contributed by atoms with Gasteiger partial charge in [0.2, 0.25) is 0 Å². The van der Waals surface area contributed by atoms with Crippen molar-refractivity contribution in [2.24, 2.45) is 11.1 Å². The van der Waals surface area contributed by atoms with Crippen LogP contribution in [0.4, 0.5) is 11.4 Å². The van der Waals surface area contributed by atoms with Gasteiger partial charge >= 0.3 is 0 Å². The van der Waals surface area contributed by atoms with Crippen molar-refractivity contribution in [2.45, 2.75) is 20.3 Å². The molecule has 5 nitrogen and oxygen atoms in total. The van der Waals surface area contributed by atoms with Crippen molar-refractivity contribution in [3.63, 3.8) is 0 Å². The second-order valence-corrected chi connectivity index (χ2v) is 8.38.